The number of aryl methyl sites for hydroxylation is 2. The minimum atomic E-state index is -4.80. The van der Waals surface area contributed by atoms with E-state index in [1.54, 1.807) is 6.92 Å². The molecule has 0 aromatic heterocycles. The Kier molecular flexibility index (Phi) is 4.73. The fraction of sp³-hybridized carbons (Fsp3) is 0.500. The van der Waals surface area contributed by atoms with E-state index < -0.39 is 31.0 Å². The third-order valence-corrected chi connectivity index (χ3v) is 2.61. The van der Waals surface area contributed by atoms with Gasteiger partial charge in [-0.05, 0) is 36.6 Å². The van der Waals surface area contributed by atoms with Gasteiger partial charge in [0.2, 0.25) is 0 Å². The topological polar surface area (TPSA) is 35.2 Å². The first-order valence-electron chi connectivity index (χ1n) is 5.56. The molecule has 108 valence electrons. The molecule has 0 aliphatic carbocycles. The Labute approximate surface area is 107 Å². The van der Waals surface area contributed by atoms with Gasteiger partial charge >= 0.3 is 6.36 Å². The lowest BCUT2D eigenvalue weighted by Crippen LogP contribution is -2.28. The van der Waals surface area contributed by atoms with Crippen LogP contribution in [0.25, 0.3) is 0 Å². The van der Waals surface area contributed by atoms with Crippen LogP contribution in [0.15, 0.2) is 18.2 Å². The summed E-state index contributed by atoms with van der Waals surface area (Å²) in [6, 6.07) is 3.67. The Hall–Kier alpha value is -1.37. The van der Waals surface area contributed by atoms with Crippen molar-refractivity contribution in [1.29, 1.82) is 0 Å². The monoisotopic (exact) mass is 283 g/mol. The number of nitrogens with two attached hydrogens (primary N) is 1. The van der Waals surface area contributed by atoms with Crippen LogP contribution in [0.2, 0.25) is 0 Å². The van der Waals surface area contributed by atoms with Crippen molar-refractivity contribution in [2.24, 2.45) is 5.73 Å². The largest absolute Gasteiger partial charge is 0.573 e. The molecule has 0 radical (unpaired) electrons. The first-order chi connectivity index (χ1) is 8.63. The quantitative estimate of drug-likeness (QED) is 0.840. The first-order valence-corrected chi connectivity index (χ1v) is 5.56. The molecule has 2 nitrogen and oxygen atoms in total. The molecule has 0 fully saturated rings. The zero-order chi connectivity index (χ0) is 14.7. The van der Waals surface area contributed by atoms with Gasteiger partial charge in [0.15, 0.2) is 0 Å². The Morgan fingerprint density at radius 1 is 1.16 bits per heavy atom. The number of benzene rings is 1. The van der Waals surface area contributed by atoms with Gasteiger partial charge < -0.3 is 10.5 Å². The predicted molar refractivity (Wildman–Crippen MR) is 60.2 cm³/mol. The second-order valence-electron chi connectivity index (χ2n) is 4.20. The number of ether oxygens (including phenoxy) is 1. The number of halogens is 5. The standard InChI is InChI=1S/C12H14F5NO/c1-8-2-3-10(19-12(15,16)17)6-9(8)4-5-11(13,14)7-18/h2-3,6H,4-5,7,18H2,1H3. The van der Waals surface area contributed by atoms with Gasteiger partial charge in [-0.25, -0.2) is 8.78 Å². The van der Waals surface area contributed by atoms with E-state index in [9.17, 15) is 22.0 Å². The Bertz CT molecular complexity index is 431. The lowest BCUT2D eigenvalue weighted by Gasteiger charge is -2.15. The molecule has 0 unspecified atom stereocenters. The van der Waals surface area contributed by atoms with Crippen molar-refractivity contribution in [2.45, 2.75) is 32.1 Å². The van der Waals surface area contributed by atoms with Crippen LogP contribution >= 0.6 is 0 Å². The lowest BCUT2D eigenvalue weighted by molar-refractivity contribution is -0.274. The zero-order valence-corrected chi connectivity index (χ0v) is 10.2. The second-order valence-corrected chi connectivity index (χ2v) is 4.20. The summed E-state index contributed by atoms with van der Waals surface area (Å²) in [6.07, 6.45) is -5.38. The van der Waals surface area contributed by atoms with Crippen LogP contribution in [0.4, 0.5) is 22.0 Å². The molecule has 1 aromatic carbocycles. The summed E-state index contributed by atoms with van der Waals surface area (Å²) in [5.74, 6) is -3.43. The minimum Gasteiger partial charge on any atom is -0.406 e. The molecule has 0 saturated carbocycles. The average molecular weight is 283 g/mol. The van der Waals surface area contributed by atoms with Crippen molar-refractivity contribution in [2.75, 3.05) is 6.54 Å². The van der Waals surface area contributed by atoms with Crippen molar-refractivity contribution in [1.82, 2.24) is 0 Å². The van der Waals surface area contributed by atoms with E-state index in [0.717, 1.165) is 12.1 Å². The average Bonchev–Trinajstić information content (AvgIpc) is 2.28. The molecule has 19 heavy (non-hydrogen) atoms. The van der Waals surface area contributed by atoms with Gasteiger partial charge in [-0.15, -0.1) is 13.2 Å². The van der Waals surface area contributed by atoms with Gasteiger partial charge in [0.1, 0.15) is 5.75 Å². The van der Waals surface area contributed by atoms with Crippen LogP contribution in [0, 0.1) is 6.92 Å². The zero-order valence-electron chi connectivity index (χ0n) is 10.2. The predicted octanol–water partition coefficient (Wildman–Crippen LogP) is 3.42. The highest BCUT2D eigenvalue weighted by Gasteiger charge is 2.31. The van der Waals surface area contributed by atoms with Crippen LogP contribution in [0.3, 0.4) is 0 Å². The highest BCUT2D eigenvalue weighted by atomic mass is 19.4. The second kappa shape index (κ2) is 5.73. The van der Waals surface area contributed by atoms with Gasteiger partial charge in [0.25, 0.3) is 5.92 Å². The summed E-state index contributed by atoms with van der Waals surface area (Å²) in [7, 11) is 0. The van der Waals surface area contributed by atoms with Crippen molar-refractivity contribution in [3.63, 3.8) is 0 Å². The summed E-state index contributed by atoms with van der Waals surface area (Å²) in [5, 5.41) is 0. The highest BCUT2D eigenvalue weighted by molar-refractivity contribution is 5.35. The molecule has 1 aromatic rings. The third-order valence-electron chi connectivity index (χ3n) is 2.61. The number of alkyl halides is 5. The fourth-order valence-electron chi connectivity index (χ4n) is 1.53. The van der Waals surface area contributed by atoms with Crippen LogP contribution in [-0.4, -0.2) is 18.8 Å². The molecular formula is C12H14F5NO. The summed E-state index contributed by atoms with van der Waals surface area (Å²) in [4.78, 5) is 0. The van der Waals surface area contributed by atoms with Crippen LogP contribution < -0.4 is 10.5 Å². The van der Waals surface area contributed by atoms with Gasteiger partial charge in [-0.1, -0.05) is 6.07 Å². The summed E-state index contributed by atoms with van der Waals surface area (Å²) >= 11 is 0. The minimum absolute atomic E-state index is 0.0644. The maximum Gasteiger partial charge on any atom is 0.573 e. The molecule has 0 saturated heterocycles. The van der Waals surface area contributed by atoms with Crippen molar-refractivity contribution in [3.8, 4) is 5.75 Å². The molecule has 0 heterocycles. The third kappa shape index (κ3) is 5.42. The number of rotatable bonds is 5. The molecule has 1 rings (SSSR count). The number of hydrogen-bond donors (Lipinski definition) is 1. The normalized spacial score (nSPS) is 12.6. The van der Waals surface area contributed by atoms with Gasteiger partial charge in [-0.3, -0.25) is 0 Å². The van der Waals surface area contributed by atoms with E-state index >= 15 is 0 Å². The highest BCUT2D eigenvalue weighted by Crippen LogP contribution is 2.27. The SMILES string of the molecule is Cc1ccc(OC(F)(F)F)cc1CCC(F)(F)CN. The van der Waals surface area contributed by atoms with Crippen molar-refractivity contribution < 1.29 is 26.7 Å². The maximum absolute atomic E-state index is 13.0. The molecule has 0 aliphatic heterocycles. The van der Waals surface area contributed by atoms with E-state index in [1.165, 1.54) is 6.07 Å². The van der Waals surface area contributed by atoms with Crippen molar-refractivity contribution >= 4 is 0 Å². The first kappa shape index (κ1) is 15.7. The molecule has 0 bridgehead atoms. The molecule has 0 atom stereocenters. The van der Waals surface area contributed by atoms with Crippen LogP contribution in [0.1, 0.15) is 17.5 Å². The maximum atomic E-state index is 13.0. The Morgan fingerprint density at radius 2 is 1.79 bits per heavy atom. The summed E-state index contributed by atoms with van der Waals surface area (Å²) in [5.41, 5.74) is 5.91. The van der Waals surface area contributed by atoms with E-state index in [-0.39, 0.29) is 6.42 Å². The molecular weight excluding hydrogens is 269 g/mol. The summed E-state index contributed by atoms with van der Waals surface area (Å²) < 4.78 is 65.9. The van der Waals surface area contributed by atoms with Crippen LogP contribution in [-0.2, 0) is 6.42 Å². The molecule has 7 heteroatoms. The summed E-state index contributed by atoms with van der Waals surface area (Å²) in [6.45, 7) is 0.845. The van der Waals surface area contributed by atoms with E-state index in [4.69, 9.17) is 5.73 Å². The van der Waals surface area contributed by atoms with E-state index in [1.807, 2.05) is 0 Å². The van der Waals surface area contributed by atoms with Crippen molar-refractivity contribution in [3.05, 3.63) is 29.3 Å². The smallest absolute Gasteiger partial charge is 0.406 e. The Morgan fingerprint density at radius 3 is 2.32 bits per heavy atom. The van der Waals surface area contributed by atoms with E-state index in [0.29, 0.717) is 11.1 Å². The van der Waals surface area contributed by atoms with Gasteiger partial charge in [0.05, 0.1) is 6.54 Å². The number of hydrogen-bond acceptors (Lipinski definition) is 2. The van der Waals surface area contributed by atoms with Gasteiger partial charge in [-0.2, -0.15) is 0 Å². The fourth-order valence-corrected chi connectivity index (χ4v) is 1.53. The van der Waals surface area contributed by atoms with Crippen LogP contribution in [0.5, 0.6) is 5.75 Å². The molecule has 2 N–H and O–H groups in total. The van der Waals surface area contributed by atoms with E-state index in [2.05, 4.69) is 4.74 Å². The molecule has 0 spiro atoms. The lowest BCUT2D eigenvalue weighted by atomic mass is 10.0. The Balaban J connectivity index is 2.80. The van der Waals surface area contributed by atoms with Gasteiger partial charge in [0, 0.05) is 6.42 Å². The molecule has 0 amide bonds. The molecule has 0 aliphatic rings.